The summed E-state index contributed by atoms with van der Waals surface area (Å²) in [5.74, 6) is 0.425. The average molecular weight is 287 g/mol. The van der Waals surface area contributed by atoms with Gasteiger partial charge < -0.3 is 10.1 Å². The van der Waals surface area contributed by atoms with Gasteiger partial charge in [-0.1, -0.05) is 19.1 Å². The molecule has 2 rings (SSSR count). The van der Waals surface area contributed by atoms with Crippen LogP contribution in [0.25, 0.3) is 0 Å². The number of rotatable bonds is 5. The van der Waals surface area contributed by atoms with Crippen LogP contribution in [0.4, 0.5) is 13.2 Å². The maximum Gasteiger partial charge on any atom is 0.416 e. The molecule has 2 nitrogen and oxygen atoms in total. The van der Waals surface area contributed by atoms with Gasteiger partial charge in [0.05, 0.1) is 5.56 Å². The molecule has 2 atom stereocenters. The molecule has 1 saturated heterocycles. The van der Waals surface area contributed by atoms with E-state index < -0.39 is 11.7 Å². The lowest BCUT2D eigenvalue weighted by Crippen LogP contribution is -2.24. The molecule has 0 bridgehead atoms. The van der Waals surface area contributed by atoms with Crippen LogP contribution >= 0.6 is 0 Å². The van der Waals surface area contributed by atoms with Crippen LogP contribution in [0.15, 0.2) is 24.3 Å². The summed E-state index contributed by atoms with van der Waals surface area (Å²) in [4.78, 5) is 0. The number of alkyl halides is 3. The largest absolute Gasteiger partial charge is 0.416 e. The summed E-state index contributed by atoms with van der Waals surface area (Å²) < 4.78 is 43.7. The van der Waals surface area contributed by atoms with E-state index in [0.29, 0.717) is 18.1 Å². The molecule has 0 saturated carbocycles. The molecule has 1 fully saturated rings. The fourth-order valence-corrected chi connectivity index (χ4v) is 2.62. The van der Waals surface area contributed by atoms with E-state index in [-0.39, 0.29) is 6.04 Å². The second-order valence-corrected chi connectivity index (χ2v) is 5.20. The SMILES string of the molecule is CCNC(CC1CCOC1)c1cccc(C(F)(F)F)c1. The number of hydrogen-bond acceptors (Lipinski definition) is 2. The Hall–Kier alpha value is -1.07. The Morgan fingerprint density at radius 1 is 1.40 bits per heavy atom. The van der Waals surface area contributed by atoms with Gasteiger partial charge in [0, 0.05) is 19.3 Å². The Kier molecular flexibility index (Phi) is 5.05. The highest BCUT2D eigenvalue weighted by Crippen LogP contribution is 2.32. The lowest BCUT2D eigenvalue weighted by Gasteiger charge is -2.22. The van der Waals surface area contributed by atoms with Crippen LogP contribution in [0, 0.1) is 5.92 Å². The van der Waals surface area contributed by atoms with Gasteiger partial charge in [-0.15, -0.1) is 0 Å². The number of nitrogens with one attached hydrogen (secondary N) is 1. The van der Waals surface area contributed by atoms with Crippen molar-refractivity contribution in [3.63, 3.8) is 0 Å². The van der Waals surface area contributed by atoms with Gasteiger partial charge in [-0.05, 0) is 43.0 Å². The minimum Gasteiger partial charge on any atom is -0.381 e. The summed E-state index contributed by atoms with van der Waals surface area (Å²) in [6.07, 6.45) is -2.49. The van der Waals surface area contributed by atoms with Crippen LogP contribution in [0.3, 0.4) is 0 Å². The van der Waals surface area contributed by atoms with Crippen LogP contribution < -0.4 is 5.32 Å². The molecule has 5 heteroatoms. The molecule has 2 unspecified atom stereocenters. The van der Waals surface area contributed by atoms with Crippen LogP contribution in [-0.2, 0) is 10.9 Å². The lowest BCUT2D eigenvalue weighted by atomic mass is 9.93. The van der Waals surface area contributed by atoms with Crippen LogP contribution in [0.1, 0.15) is 36.9 Å². The van der Waals surface area contributed by atoms with Crippen LogP contribution in [0.2, 0.25) is 0 Å². The molecule has 1 aromatic rings. The van der Waals surface area contributed by atoms with Crippen molar-refractivity contribution < 1.29 is 17.9 Å². The highest BCUT2D eigenvalue weighted by molar-refractivity contribution is 5.28. The first-order chi connectivity index (χ1) is 9.50. The van der Waals surface area contributed by atoms with E-state index in [1.54, 1.807) is 6.07 Å². The van der Waals surface area contributed by atoms with E-state index in [4.69, 9.17) is 4.74 Å². The molecule has 1 aliphatic heterocycles. The number of ether oxygens (including phenoxy) is 1. The van der Waals surface area contributed by atoms with Gasteiger partial charge >= 0.3 is 6.18 Å². The van der Waals surface area contributed by atoms with Crippen molar-refractivity contribution in [3.8, 4) is 0 Å². The molecule has 1 aliphatic rings. The standard InChI is InChI=1S/C15H20F3NO/c1-2-19-14(8-11-6-7-20-10-11)12-4-3-5-13(9-12)15(16,17)18/h3-5,9,11,14,19H,2,6-8,10H2,1H3. The summed E-state index contributed by atoms with van der Waals surface area (Å²) >= 11 is 0. The topological polar surface area (TPSA) is 21.3 Å². The third kappa shape index (κ3) is 3.96. The Morgan fingerprint density at radius 3 is 2.80 bits per heavy atom. The second kappa shape index (κ2) is 6.59. The molecule has 1 N–H and O–H groups in total. The van der Waals surface area contributed by atoms with Crippen LogP contribution in [0.5, 0.6) is 0 Å². The van der Waals surface area contributed by atoms with Crippen molar-refractivity contribution in [2.75, 3.05) is 19.8 Å². The first-order valence-corrected chi connectivity index (χ1v) is 6.99. The van der Waals surface area contributed by atoms with Crippen molar-refractivity contribution >= 4 is 0 Å². The molecular weight excluding hydrogens is 267 g/mol. The summed E-state index contributed by atoms with van der Waals surface area (Å²) in [7, 11) is 0. The predicted molar refractivity (Wildman–Crippen MR) is 71.4 cm³/mol. The van der Waals surface area contributed by atoms with Gasteiger partial charge in [0.25, 0.3) is 0 Å². The molecule has 112 valence electrons. The molecule has 0 radical (unpaired) electrons. The van der Waals surface area contributed by atoms with Crippen molar-refractivity contribution in [2.24, 2.45) is 5.92 Å². The second-order valence-electron chi connectivity index (χ2n) is 5.20. The first-order valence-electron chi connectivity index (χ1n) is 6.99. The molecule has 1 aromatic carbocycles. The normalized spacial score (nSPS) is 21.1. The quantitative estimate of drug-likeness (QED) is 0.890. The van der Waals surface area contributed by atoms with Gasteiger partial charge in [-0.25, -0.2) is 0 Å². The molecule has 20 heavy (non-hydrogen) atoms. The Bertz CT molecular complexity index is 427. The van der Waals surface area contributed by atoms with Crippen molar-refractivity contribution in [3.05, 3.63) is 35.4 Å². The maximum absolute atomic E-state index is 12.8. The highest BCUT2D eigenvalue weighted by Gasteiger charge is 2.31. The van der Waals surface area contributed by atoms with E-state index >= 15 is 0 Å². The van der Waals surface area contributed by atoms with E-state index in [1.807, 2.05) is 6.92 Å². The fourth-order valence-electron chi connectivity index (χ4n) is 2.62. The minimum absolute atomic E-state index is 0.0472. The summed E-state index contributed by atoms with van der Waals surface area (Å²) in [5, 5.41) is 3.28. The zero-order chi connectivity index (χ0) is 14.6. The summed E-state index contributed by atoms with van der Waals surface area (Å²) in [6.45, 7) is 4.16. The predicted octanol–water partition coefficient (Wildman–Crippen LogP) is 3.78. The third-order valence-corrected chi connectivity index (χ3v) is 3.66. The number of benzene rings is 1. The van der Waals surface area contributed by atoms with Crippen LogP contribution in [-0.4, -0.2) is 19.8 Å². The number of halogens is 3. The fraction of sp³-hybridized carbons (Fsp3) is 0.600. The first kappa shape index (κ1) is 15.3. The lowest BCUT2D eigenvalue weighted by molar-refractivity contribution is -0.137. The monoisotopic (exact) mass is 287 g/mol. The van der Waals surface area contributed by atoms with E-state index in [0.717, 1.165) is 32.1 Å². The minimum atomic E-state index is -4.29. The van der Waals surface area contributed by atoms with Gasteiger partial charge in [0.15, 0.2) is 0 Å². The van der Waals surface area contributed by atoms with E-state index in [9.17, 15) is 13.2 Å². The molecular formula is C15H20F3NO. The molecule has 1 heterocycles. The van der Waals surface area contributed by atoms with Crippen molar-refractivity contribution in [2.45, 2.75) is 32.0 Å². The smallest absolute Gasteiger partial charge is 0.381 e. The Balaban J connectivity index is 2.15. The molecule has 0 spiro atoms. The number of hydrogen-bond donors (Lipinski definition) is 1. The average Bonchev–Trinajstić information content (AvgIpc) is 2.90. The van der Waals surface area contributed by atoms with Crippen molar-refractivity contribution in [1.29, 1.82) is 0 Å². The Morgan fingerprint density at radius 2 is 2.20 bits per heavy atom. The molecule has 0 aromatic heterocycles. The van der Waals surface area contributed by atoms with Gasteiger partial charge in [0.1, 0.15) is 0 Å². The van der Waals surface area contributed by atoms with Gasteiger partial charge in [-0.3, -0.25) is 0 Å². The zero-order valence-corrected chi connectivity index (χ0v) is 11.5. The molecule has 0 aliphatic carbocycles. The van der Waals surface area contributed by atoms with Crippen molar-refractivity contribution in [1.82, 2.24) is 5.32 Å². The molecule has 0 amide bonds. The summed E-state index contributed by atoms with van der Waals surface area (Å²) in [6, 6.07) is 5.56. The van der Waals surface area contributed by atoms with E-state index in [1.165, 1.54) is 12.1 Å². The zero-order valence-electron chi connectivity index (χ0n) is 11.5. The third-order valence-electron chi connectivity index (χ3n) is 3.66. The highest BCUT2D eigenvalue weighted by atomic mass is 19.4. The van der Waals surface area contributed by atoms with Gasteiger partial charge in [0.2, 0.25) is 0 Å². The Labute approximate surface area is 117 Å². The van der Waals surface area contributed by atoms with Gasteiger partial charge in [-0.2, -0.15) is 13.2 Å². The van der Waals surface area contributed by atoms with E-state index in [2.05, 4.69) is 5.32 Å². The summed E-state index contributed by atoms with van der Waals surface area (Å²) in [5.41, 5.74) is 0.120. The maximum atomic E-state index is 12.8.